The van der Waals surface area contributed by atoms with Gasteiger partial charge >= 0.3 is 11.9 Å². The fourth-order valence-electron chi connectivity index (χ4n) is 1.76. The predicted octanol–water partition coefficient (Wildman–Crippen LogP) is 1.10. The molecule has 0 saturated carbocycles. The van der Waals surface area contributed by atoms with E-state index < -0.39 is 32.6 Å². The zero-order valence-electron chi connectivity index (χ0n) is 13.1. The highest BCUT2D eigenvalue weighted by molar-refractivity contribution is 7.90. The van der Waals surface area contributed by atoms with E-state index in [1.54, 1.807) is 18.6 Å². The van der Waals surface area contributed by atoms with E-state index >= 15 is 0 Å². The molecule has 0 fully saturated rings. The number of sulfonamides is 1. The average molecular weight is 353 g/mol. The molecule has 0 saturated heterocycles. The minimum Gasteiger partial charge on any atom is -0.465 e. The summed E-state index contributed by atoms with van der Waals surface area (Å²) in [6.07, 6.45) is 0. The maximum atomic E-state index is 12.4. The molecule has 1 heterocycles. The van der Waals surface area contributed by atoms with E-state index in [1.165, 1.54) is 24.3 Å². The lowest BCUT2D eigenvalue weighted by Gasteiger charge is -2.09. The molecule has 10 heteroatoms. The number of nitrogens with zero attached hydrogens (tertiary/aromatic N) is 2. The van der Waals surface area contributed by atoms with E-state index in [4.69, 9.17) is 4.52 Å². The highest BCUT2D eigenvalue weighted by Gasteiger charge is 2.27. The molecule has 2 aromatic rings. The van der Waals surface area contributed by atoms with Gasteiger partial charge in [0.2, 0.25) is 5.89 Å². The Kier molecular flexibility index (Phi) is 4.98. The van der Waals surface area contributed by atoms with Crippen molar-refractivity contribution in [2.45, 2.75) is 24.7 Å². The van der Waals surface area contributed by atoms with Gasteiger partial charge in [-0.3, -0.25) is 4.79 Å². The van der Waals surface area contributed by atoms with Gasteiger partial charge in [-0.1, -0.05) is 31.1 Å². The number of carbonyl (C=O) groups excluding carboxylic acids is 2. The molecule has 0 unspecified atom stereocenters. The molecule has 0 bridgehead atoms. The third-order valence-electron chi connectivity index (χ3n) is 2.95. The van der Waals surface area contributed by atoms with Gasteiger partial charge in [0.1, 0.15) is 4.90 Å². The highest BCUT2D eigenvalue weighted by Crippen LogP contribution is 2.17. The Morgan fingerprint density at radius 3 is 2.50 bits per heavy atom. The first-order valence-electron chi connectivity index (χ1n) is 6.84. The first-order chi connectivity index (χ1) is 11.3. The van der Waals surface area contributed by atoms with Crippen LogP contribution >= 0.6 is 0 Å². The lowest BCUT2D eigenvalue weighted by Crippen LogP contribution is -2.32. The molecule has 0 aliphatic carbocycles. The molecule has 0 radical (unpaired) electrons. The van der Waals surface area contributed by atoms with Crippen LogP contribution in [0.15, 0.2) is 33.7 Å². The van der Waals surface area contributed by atoms with E-state index in [-0.39, 0.29) is 17.4 Å². The standard InChI is InChI=1S/C14H15N3O6S/c1-8(2)13-15-11(16-23-13)12(18)17-24(20,21)10-7-5-4-6-9(10)14(19)22-3/h4-8H,1-3H3,(H,17,18). The Bertz CT molecular complexity index is 872. The number of rotatable bonds is 5. The van der Waals surface area contributed by atoms with Crippen molar-refractivity contribution in [1.29, 1.82) is 0 Å². The molecule has 1 amide bonds. The monoisotopic (exact) mass is 353 g/mol. The summed E-state index contributed by atoms with van der Waals surface area (Å²) in [7, 11) is -3.20. The van der Waals surface area contributed by atoms with Crippen molar-refractivity contribution in [3.05, 3.63) is 41.5 Å². The molecular weight excluding hydrogens is 338 g/mol. The Morgan fingerprint density at radius 1 is 1.25 bits per heavy atom. The van der Waals surface area contributed by atoms with Crippen molar-refractivity contribution in [3.63, 3.8) is 0 Å². The van der Waals surface area contributed by atoms with Crippen LogP contribution in [0.2, 0.25) is 0 Å². The summed E-state index contributed by atoms with van der Waals surface area (Å²) in [6, 6.07) is 5.34. The maximum absolute atomic E-state index is 12.4. The van der Waals surface area contributed by atoms with E-state index in [0.717, 1.165) is 7.11 Å². The second-order valence-corrected chi connectivity index (χ2v) is 6.68. The Labute approximate surface area is 138 Å². The van der Waals surface area contributed by atoms with Crippen LogP contribution in [-0.2, 0) is 14.8 Å². The van der Waals surface area contributed by atoms with Gasteiger partial charge in [0, 0.05) is 5.92 Å². The first kappa shape index (κ1) is 17.6. The summed E-state index contributed by atoms with van der Waals surface area (Å²) in [6.45, 7) is 3.55. The summed E-state index contributed by atoms with van der Waals surface area (Å²) >= 11 is 0. The van der Waals surface area contributed by atoms with E-state index in [2.05, 4.69) is 14.9 Å². The van der Waals surface area contributed by atoms with Gasteiger partial charge in [-0.15, -0.1) is 0 Å². The Hall–Kier alpha value is -2.75. The second kappa shape index (κ2) is 6.79. The molecule has 1 N–H and O–H groups in total. The van der Waals surface area contributed by atoms with Crippen LogP contribution in [0.25, 0.3) is 0 Å². The molecule has 0 atom stereocenters. The van der Waals surface area contributed by atoms with Gasteiger partial charge in [0.25, 0.3) is 15.8 Å². The van der Waals surface area contributed by atoms with Crippen LogP contribution < -0.4 is 4.72 Å². The van der Waals surface area contributed by atoms with Crippen LogP contribution in [-0.4, -0.2) is 37.5 Å². The van der Waals surface area contributed by atoms with E-state index in [0.29, 0.717) is 0 Å². The molecule has 1 aromatic carbocycles. The largest absolute Gasteiger partial charge is 0.465 e. The van der Waals surface area contributed by atoms with Crippen molar-refractivity contribution in [2.75, 3.05) is 7.11 Å². The Morgan fingerprint density at radius 2 is 1.92 bits per heavy atom. The minimum atomic E-state index is -4.33. The second-order valence-electron chi connectivity index (χ2n) is 5.03. The molecule has 24 heavy (non-hydrogen) atoms. The summed E-state index contributed by atoms with van der Waals surface area (Å²) in [5, 5.41) is 3.43. The number of ether oxygens (including phenoxy) is 1. The number of nitrogens with one attached hydrogen (secondary N) is 1. The number of hydrogen-bond donors (Lipinski definition) is 1. The number of esters is 1. The zero-order chi connectivity index (χ0) is 17.9. The summed E-state index contributed by atoms with van der Waals surface area (Å²) in [5.74, 6) is -2.24. The number of carbonyl (C=O) groups is 2. The minimum absolute atomic E-state index is 0.115. The van der Waals surface area contributed by atoms with Gasteiger partial charge < -0.3 is 9.26 Å². The molecular formula is C14H15N3O6S. The van der Waals surface area contributed by atoms with Crippen molar-refractivity contribution >= 4 is 21.9 Å². The highest BCUT2D eigenvalue weighted by atomic mass is 32.2. The van der Waals surface area contributed by atoms with Crippen molar-refractivity contribution in [1.82, 2.24) is 14.9 Å². The number of amides is 1. The molecule has 0 spiro atoms. The summed E-state index contributed by atoms with van der Waals surface area (Å²) in [5.41, 5.74) is -0.198. The Balaban J connectivity index is 2.31. The normalized spacial score (nSPS) is 11.3. The van der Waals surface area contributed by atoms with Gasteiger partial charge in [0.15, 0.2) is 0 Å². The SMILES string of the molecule is COC(=O)c1ccccc1S(=O)(=O)NC(=O)c1noc(C(C)C)n1. The van der Waals surface area contributed by atoms with Crippen LogP contribution in [0.1, 0.15) is 46.6 Å². The van der Waals surface area contributed by atoms with Crippen molar-refractivity contribution < 1.29 is 27.3 Å². The molecule has 2 rings (SSSR count). The smallest absolute Gasteiger partial charge is 0.339 e. The van der Waals surface area contributed by atoms with Crippen LogP contribution in [0, 0.1) is 0 Å². The van der Waals surface area contributed by atoms with Gasteiger partial charge in [0.05, 0.1) is 12.7 Å². The number of benzene rings is 1. The number of aromatic nitrogens is 2. The molecule has 0 aliphatic heterocycles. The van der Waals surface area contributed by atoms with Crippen molar-refractivity contribution in [2.24, 2.45) is 0 Å². The quantitative estimate of drug-likeness (QED) is 0.791. The van der Waals surface area contributed by atoms with Crippen LogP contribution in [0.4, 0.5) is 0 Å². The summed E-state index contributed by atoms with van der Waals surface area (Å²) < 4.78 is 35.9. The van der Waals surface area contributed by atoms with Gasteiger partial charge in [-0.25, -0.2) is 17.9 Å². The lowest BCUT2D eigenvalue weighted by molar-refractivity contribution is 0.0596. The number of methoxy groups -OCH3 is 1. The molecule has 9 nitrogen and oxygen atoms in total. The van der Waals surface area contributed by atoms with Gasteiger partial charge in [-0.2, -0.15) is 4.98 Å². The maximum Gasteiger partial charge on any atom is 0.339 e. The van der Waals surface area contributed by atoms with E-state index in [9.17, 15) is 18.0 Å². The first-order valence-corrected chi connectivity index (χ1v) is 8.32. The predicted molar refractivity (Wildman–Crippen MR) is 80.8 cm³/mol. The average Bonchev–Trinajstić information content (AvgIpc) is 3.04. The molecule has 1 aromatic heterocycles. The van der Waals surface area contributed by atoms with Crippen LogP contribution in [0.3, 0.4) is 0 Å². The van der Waals surface area contributed by atoms with Gasteiger partial charge in [-0.05, 0) is 12.1 Å². The number of hydrogen-bond acceptors (Lipinski definition) is 8. The fourth-order valence-corrected chi connectivity index (χ4v) is 2.91. The molecule has 0 aliphatic rings. The fraction of sp³-hybridized carbons (Fsp3) is 0.286. The van der Waals surface area contributed by atoms with Crippen molar-refractivity contribution in [3.8, 4) is 0 Å². The van der Waals surface area contributed by atoms with E-state index in [1.807, 2.05) is 0 Å². The zero-order valence-corrected chi connectivity index (χ0v) is 14.0. The topological polar surface area (TPSA) is 128 Å². The third-order valence-corrected chi connectivity index (χ3v) is 4.34. The molecule has 128 valence electrons. The summed E-state index contributed by atoms with van der Waals surface area (Å²) in [4.78, 5) is 27.1. The third kappa shape index (κ3) is 3.59. The lowest BCUT2D eigenvalue weighted by atomic mass is 10.2. The van der Waals surface area contributed by atoms with Crippen LogP contribution in [0.5, 0.6) is 0 Å².